The van der Waals surface area contributed by atoms with Gasteiger partial charge < -0.3 is 10.4 Å². The van der Waals surface area contributed by atoms with Crippen LogP contribution in [0.1, 0.15) is 29.9 Å². The van der Waals surface area contributed by atoms with E-state index in [0.29, 0.717) is 0 Å². The summed E-state index contributed by atoms with van der Waals surface area (Å²) in [6.07, 6.45) is 2.27. The lowest BCUT2D eigenvalue weighted by Crippen LogP contribution is -2.39. The van der Waals surface area contributed by atoms with Crippen molar-refractivity contribution in [2.24, 2.45) is 0 Å². The normalized spacial score (nSPS) is 19.9. The van der Waals surface area contributed by atoms with Crippen molar-refractivity contribution < 1.29 is 21.9 Å². The van der Waals surface area contributed by atoms with Crippen molar-refractivity contribution in [2.45, 2.75) is 40.7 Å². The molecule has 146 valence electrons. The van der Waals surface area contributed by atoms with Crippen LogP contribution < -0.4 is 5.32 Å². The van der Waals surface area contributed by atoms with Crippen molar-refractivity contribution >= 4 is 20.5 Å². The van der Waals surface area contributed by atoms with Gasteiger partial charge >= 0.3 is 0 Å². The molecule has 2 N–H and O–H groups in total. The molecule has 0 saturated carbocycles. The molecule has 0 aliphatic carbocycles. The summed E-state index contributed by atoms with van der Waals surface area (Å²) in [7, 11) is -5.97. The molecule has 27 heavy (non-hydrogen) atoms. The zero-order chi connectivity index (χ0) is 19.6. The Morgan fingerprint density at radius 2 is 1.59 bits per heavy atom. The number of aliphatic hydroxyl groups is 1. The zero-order valence-electron chi connectivity index (χ0n) is 14.9. The molecule has 2 aromatic rings. The van der Waals surface area contributed by atoms with Crippen LogP contribution in [-0.2, 0) is 20.5 Å². The van der Waals surface area contributed by atoms with Gasteiger partial charge in [-0.15, -0.1) is 0 Å². The maximum Gasteiger partial charge on any atom is 0.175 e. The molecule has 2 aromatic carbocycles. The van der Waals surface area contributed by atoms with Crippen molar-refractivity contribution in [3.8, 4) is 0 Å². The monoisotopic (exact) mass is 409 g/mol. The largest absolute Gasteiger partial charge is 0.391 e. The highest BCUT2D eigenvalue weighted by molar-refractivity contribution is 7.90. The minimum absolute atomic E-state index is 0.0691. The first-order valence-electron chi connectivity index (χ1n) is 8.73. The molecule has 1 aliphatic rings. The second kappa shape index (κ2) is 8.10. The molecule has 3 atom stereocenters. The highest BCUT2D eigenvalue weighted by atomic mass is 32.2. The molecule has 0 spiro atoms. The van der Waals surface area contributed by atoms with Crippen LogP contribution in [-0.4, -0.2) is 46.9 Å². The first kappa shape index (κ1) is 20.0. The van der Waals surface area contributed by atoms with Crippen molar-refractivity contribution in [1.82, 2.24) is 5.32 Å². The Balaban J connectivity index is 2.01. The number of benzene rings is 2. The Bertz CT molecular complexity index is 952. The fraction of sp³-hybridized carbons (Fsp3) is 0.368. The Morgan fingerprint density at radius 3 is 2.04 bits per heavy atom. The fourth-order valence-electron chi connectivity index (χ4n) is 3.55. The van der Waals surface area contributed by atoms with E-state index in [-0.39, 0.29) is 15.8 Å². The summed E-state index contributed by atoms with van der Waals surface area (Å²) in [5, 5.41) is 14.3. The lowest BCUT2D eigenvalue weighted by atomic mass is 9.83. The van der Waals surface area contributed by atoms with Gasteiger partial charge in [-0.25, -0.2) is 16.8 Å². The molecule has 0 aromatic heterocycles. The van der Waals surface area contributed by atoms with Gasteiger partial charge in [0, 0.05) is 18.2 Å². The summed E-state index contributed by atoms with van der Waals surface area (Å²) >= 11 is 0. The average Bonchev–Trinajstić information content (AvgIpc) is 3.17. The van der Waals surface area contributed by atoms with Gasteiger partial charge in [-0.05, 0) is 54.8 Å². The van der Waals surface area contributed by atoms with E-state index >= 15 is 0 Å². The summed E-state index contributed by atoms with van der Waals surface area (Å²) in [6.45, 7) is 0.844. The maximum absolute atomic E-state index is 11.7. The number of rotatable bonds is 6. The number of sulfone groups is 1. The van der Waals surface area contributed by atoms with E-state index in [2.05, 4.69) is 5.32 Å². The predicted octanol–water partition coefficient (Wildman–Crippen LogP) is 1.31. The highest BCUT2D eigenvalue weighted by Gasteiger charge is 2.32. The van der Waals surface area contributed by atoms with Crippen LogP contribution in [0.2, 0.25) is 0 Å². The van der Waals surface area contributed by atoms with E-state index in [4.69, 9.17) is 0 Å². The Kier molecular flexibility index (Phi) is 6.00. The van der Waals surface area contributed by atoms with Gasteiger partial charge in [0.15, 0.2) is 20.5 Å². The molecule has 1 fully saturated rings. The molecule has 0 amide bonds. The van der Waals surface area contributed by atoms with Gasteiger partial charge in [0.2, 0.25) is 0 Å². The van der Waals surface area contributed by atoms with E-state index in [0.717, 1.165) is 36.8 Å². The average molecular weight is 410 g/mol. The highest BCUT2D eigenvalue weighted by Crippen LogP contribution is 2.32. The van der Waals surface area contributed by atoms with Crippen LogP contribution in [0.5, 0.6) is 0 Å². The molecule has 1 aliphatic heterocycles. The van der Waals surface area contributed by atoms with Gasteiger partial charge in [-0.2, -0.15) is 0 Å². The standard InChI is InChI=1S/C19H23NO5S2/c1-27(24,25)16-10-6-14(7-11-16)18(19(21)17-3-2-12-20-17)13-4-8-15(9-5-13)26(22)23/h4-11,17-21,26H,2-3,12H2,1H3/t17-,18?,19-/m0/s1. The van der Waals surface area contributed by atoms with Crippen LogP contribution in [0.15, 0.2) is 58.3 Å². The number of hydrogen-bond acceptors (Lipinski definition) is 6. The topological polar surface area (TPSA) is 101 Å². The van der Waals surface area contributed by atoms with E-state index in [1.54, 1.807) is 24.3 Å². The first-order valence-corrected chi connectivity index (χ1v) is 11.8. The molecule has 0 radical (unpaired) electrons. The Labute approximate surface area is 161 Å². The number of hydrogen-bond donors (Lipinski definition) is 3. The Hall–Kier alpha value is -1.74. The van der Waals surface area contributed by atoms with Crippen LogP contribution in [0, 0.1) is 0 Å². The molecular weight excluding hydrogens is 386 g/mol. The second-order valence-corrected chi connectivity index (χ2v) is 9.91. The second-order valence-electron chi connectivity index (χ2n) is 6.86. The summed E-state index contributed by atoms with van der Waals surface area (Å²) < 4.78 is 45.7. The SMILES string of the molecule is CS(=O)(=O)c1ccc(C(c2ccc([SH](=O)=O)cc2)[C@@H](O)[C@@H]2CCCN2)cc1. The number of nitrogens with one attached hydrogen (secondary N) is 1. The lowest BCUT2D eigenvalue weighted by Gasteiger charge is -2.29. The van der Waals surface area contributed by atoms with Crippen LogP contribution in [0.3, 0.4) is 0 Å². The van der Waals surface area contributed by atoms with Gasteiger partial charge in [0.1, 0.15) is 0 Å². The van der Waals surface area contributed by atoms with E-state index in [9.17, 15) is 21.9 Å². The van der Waals surface area contributed by atoms with Crippen LogP contribution in [0.4, 0.5) is 0 Å². The first-order chi connectivity index (χ1) is 12.8. The third-order valence-electron chi connectivity index (χ3n) is 4.98. The summed E-state index contributed by atoms with van der Waals surface area (Å²) in [6, 6.07) is 12.9. The molecule has 1 heterocycles. The molecule has 6 nitrogen and oxygen atoms in total. The summed E-state index contributed by atoms with van der Waals surface area (Å²) in [4.78, 5) is 0.436. The molecule has 8 heteroatoms. The van der Waals surface area contributed by atoms with Crippen molar-refractivity contribution in [1.29, 1.82) is 0 Å². The van der Waals surface area contributed by atoms with E-state index < -0.39 is 32.6 Å². The van der Waals surface area contributed by atoms with Gasteiger partial charge in [-0.3, -0.25) is 0 Å². The molecular formula is C19H23NO5S2. The van der Waals surface area contributed by atoms with Crippen molar-refractivity contribution in [3.63, 3.8) is 0 Å². The third kappa shape index (κ3) is 4.57. The third-order valence-corrected chi connectivity index (χ3v) is 6.83. The lowest BCUT2D eigenvalue weighted by molar-refractivity contribution is 0.119. The Morgan fingerprint density at radius 1 is 1.04 bits per heavy atom. The predicted molar refractivity (Wildman–Crippen MR) is 103 cm³/mol. The minimum Gasteiger partial charge on any atom is -0.391 e. The van der Waals surface area contributed by atoms with Gasteiger partial charge in [0.25, 0.3) is 0 Å². The summed E-state index contributed by atoms with van der Waals surface area (Å²) in [5.41, 5.74) is 1.56. The smallest absolute Gasteiger partial charge is 0.175 e. The quantitative estimate of drug-likeness (QED) is 0.622. The molecule has 1 unspecified atom stereocenters. The summed E-state index contributed by atoms with van der Waals surface area (Å²) in [5.74, 6) is -0.396. The molecule has 0 bridgehead atoms. The van der Waals surface area contributed by atoms with Crippen molar-refractivity contribution in [3.05, 3.63) is 59.7 Å². The van der Waals surface area contributed by atoms with E-state index in [1.807, 2.05) is 0 Å². The molecule has 3 rings (SSSR count). The number of aliphatic hydroxyl groups excluding tert-OH is 1. The van der Waals surface area contributed by atoms with Crippen molar-refractivity contribution in [2.75, 3.05) is 12.8 Å². The molecule has 1 saturated heterocycles. The van der Waals surface area contributed by atoms with Crippen LogP contribution in [0.25, 0.3) is 0 Å². The van der Waals surface area contributed by atoms with Crippen LogP contribution >= 0.6 is 0 Å². The van der Waals surface area contributed by atoms with Gasteiger partial charge in [0.05, 0.1) is 15.9 Å². The van der Waals surface area contributed by atoms with E-state index in [1.165, 1.54) is 24.3 Å². The maximum atomic E-state index is 11.7. The minimum atomic E-state index is -3.30. The van der Waals surface area contributed by atoms with Gasteiger partial charge in [-0.1, -0.05) is 24.3 Å². The zero-order valence-corrected chi connectivity index (χ0v) is 16.6. The fourth-order valence-corrected chi connectivity index (χ4v) is 4.57. The number of thiol groups is 1.